The van der Waals surface area contributed by atoms with E-state index in [1.807, 2.05) is 18.7 Å². The van der Waals surface area contributed by atoms with E-state index in [-0.39, 0.29) is 36.1 Å². The number of amides is 3. The van der Waals surface area contributed by atoms with E-state index in [0.29, 0.717) is 25.9 Å². The molecule has 0 atom stereocenters. The maximum Gasteiger partial charge on any atom is 0.239 e. The predicted molar refractivity (Wildman–Crippen MR) is 71.2 cm³/mol. The second-order valence-corrected chi connectivity index (χ2v) is 5.15. The summed E-state index contributed by atoms with van der Waals surface area (Å²) in [4.78, 5) is 36.5. The highest BCUT2D eigenvalue weighted by Gasteiger charge is 2.28. The van der Waals surface area contributed by atoms with Gasteiger partial charge in [0.1, 0.15) is 0 Å². The van der Waals surface area contributed by atoms with Crippen molar-refractivity contribution < 1.29 is 14.4 Å². The molecule has 1 heterocycles. The molecule has 0 bridgehead atoms. The number of likely N-dealkylation sites (tertiary alicyclic amines) is 1. The maximum absolute atomic E-state index is 11.8. The summed E-state index contributed by atoms with van der Waals surface area (Å²) in [6, 6.07) is 0. The number of hydrogen-bond acceptors (Lipinski definition) is 3. The molecule has 19 heavy (non-hydrogen) atoms. The first kappa shape index (κ1) is 15.5. The Labute approximate surface area is 113 Å². The standard InChI is InChI=1S/C13H23N3O3/c1-9(2)13(19)16-6-4-10(5-7-16)12(18)15-8-11(17)14-3/h9-10H,4-8H2,1-3H3,(H,14,17)(H,15,18). The Kier molecular flexibility index (Phi) is 5.79. The van der Waals surface area contributed by atoms with Gasteiger partial charge in [-0.15, -0.1) is 0 Å². The third kappa shape index (κ3) is 4.54. The molecule has 0 aromatic heterocycles. The van der Waals surface area contributed by atoms with Crippen LogP contribution in [0.5, 0.6) is 0 Å². The zero-order valence-corrected chi connectivity index (χ0v) is 11.9. The Morgan fingerprint density at radius 1 is 1.21 bits per heavy atom. The van der Waals surface area contributed by atoms with Gasteiger partial charge in [-0.2, -0.15) is 0 Å². The average molecular weight is 269 g/mol. The lowest BCUT2D eigenvalue weighted by atomic mass is 9.95. The van der Waals surface area contributed by atoms with Crippen LogP contribution in [0.4, 0.5) is 0 Å². The van der Waals surface area contributed by atoms with Crippen molar-refractivity contribution in [2.45, 2.75) is 26.7 Å². The first-order chi connectivity index (χ1) is 8.95. The highest BCUT2D eigenvalue weighted by Crippen LogP contribution is 2.18. The summed E-state index contributed by atoms with van der Waals surface area (Å²) in [5.74, 6) is -0.260. The van der Waals surface area contributed by atoms with Crippen molar-refractivity contribution in [1.82, 2.24) is 15.5 Å². The number of hydrogen-bond donors (Lipinski definition) is 2. The molecule has 0 aromatic carbocycles. The van der Waals surface area contributed by atoms with Gasteiger partial charge in [-0.05, 0) is 12.8 Å². The Hall–Kier alpha value is -1.59. The minimum atomic E-state index is -0.208. The molecule has 108 valence electrons. The van der Waals surface area contributed by atoms with Gasteiger partial charge in [0.05, 0.1) is 6.54 Å². The smallest absolute Gasteiger partial charge is 0.239 e. The molecule has 1 aliphatic heterocycles. The SMILES string of the molecule is CNC(=O)CNC(=O)C1CCN(C(=O)C(C)C)CC1. The number of carbonyl (C=O) groups excluding carboxylic acids is 3. The Balaban J connectivity index is 2.35. The molecule has 6 nitrogen and oxygen atoms in total. The first-order valence-electron chi connectivity index (χ1n) is 6.72. The molecule has 6 heteroatoms. The molecule has 3 amide bonds. The number of carbonyl (C=O) groups is 3. The van der Waals surface area contributed by atoms with Crippen LogP contribution in [0.15, 0.2) is 0 Å². The van der Waals surface area contributed by atoms with Crippen LogP contribution in [0.2, 0.25) is 0 Å². The number of likely N-dealkylation sites (N-methyl/N-ethyl adjacent to an activating group) is 1. The van der Waals surface area contributed by atoms with Gasteiger partial charge in [-0.3, -0.25) is 14.4 Å². The van der Waals surface area contributed by atoms with E-state index in [2.05, 4.69) is 10.6 Å². The van der Waals surface area contributed by atoms with Crippen LogP contribution in [-0.4, -0.2) is 49.3 Å². The molecule has 0 unspecified atom stereocenters. The van der Waals surface area contributed by atoms with Crippen LogP contribution < -0.4 is 10.6 Å². The minimum Gasteiger partial charge on any atom is -0.358 e. The second kappa shape index (κ2) is 7.11. The molecular weight excluding hydrogens is 246 g/mol. The number of nitrogens with zero attached hydrogens (tertiary/aromatic N) is 1. The van der Waals surface area contributed by atoms with Crippen molar-refractivity contribution in [3.63, 3.8) is 0 Å². The third-order valence-electron chi connectivity index (χ3n) is 3.37. The van der Waals surface area contributed by atoms with Gasteiger partial charge < -0.3 is 15.5 Å². The lowest BCUT2D eigenvalue weighted by Crippen LogP contribution is -2.45. The van der Waals surface area contributed by atoms with E-state index < -0.39 is 0 Å². The van der Waals surface area contributed by atoms with Crippen molar-refractivity contribution in [1.29, 1.82) is 0 Å². The fraction of sp³-hybridized carbons (Fsp3) is 0.769. The van der Waals surface area contributed by atoms with E-state index in [9.17, 15) is 14.4 Å². The van der Waals surface area contributed by atoms with E-state index in [0.717, 1.165) is 0 Å². The molecule has 1 fully saturated rings. The quantitative estimate of drug-likeness (QED) is 0.738. The van der Waals surface area contributed by atoms with Crippen molar-refractivity contribution in [2.24, 2.45) is 11.8 Å². The van der Waals surface area contributed by atoms with Crippen LogP contribution in [0.1, 0.15) is 26.7 Å². The Bertz CT molecular complexity index is 347. The van der Waals surface area contributed by atoms with E-state index >= 15 is 0 Å². The molecule has 0 aromatic rings. The molecular formula is C13H23N3O3. The molecule has 0 saturated carbocycles. The summed E-state index contributed by atoms with van der Waals surface area (Å²) in [7, 11) is 1.53. The Morgan fingerprint density at radius 2 is 1.79 bits per heavy atom. The van der Waals surface area contributed by atoms with Crippen molar-refractivity contribution in [3.05, 3.63) is 0 Å². The third-order valence-corrected chi connectivity index (χ3v) is 3.37. The molecule has 0 aliphatic carbocycles. The fourth-order valence-electron chi connectivity index (χ4n) is 2.13. The highest BCUT2D eigenvalue weighted by atomic mass is 16.2. The largest absolute Gasteiger partial charge is 0.358 e. The van der Waals surface area contributed by atoms with E-state index in [1.165, 1.54) is 7.05 Å². The van der Waals surface area contributed by atoms with Gasteiger partial charge in [0, 0.05) is 32.0 Å². The normalized spacial score (nSPS) is 16.3. The fourth-order valence-corrected chi connectivity index (χ4v) is 2.13. The monoisotopic (exact) mass is 269 g/mol. The second-order valence-electron chi connectivity index (χ2n) is 5.15. The van der Waals surface area contributed by atoms with E-state index in [4.69, 9.17) is 0 Å². The summed E-state index contributed by atoms with van der Waals surface area (Å²) >= 11 is 0. The minimum absolute atomic E-state index is 0.00127. The number of piperidine rings is 1. The molecule has 1 rings (SSSR count). The zero-order valence-electron chi connectivity index (χ0n) is 11.9. The molecule has 0 spiro atoms. The molecule has 0 radical (unpaired) electrons. The topological polar surface area (TPSA) is 78.5 Å². The van der Waals surface area contributed by atoms with Crippen molar-refractivity contribution in [2.75, 3.05) is 26.7 Å². The lowest BCUT2D eigenvalue weighted by Gasteiger charge is -2.32. The zero-order chi connectivity index (χ0) is 14.4. The molecule has 1 saturated heterocycles. The summed E-state index contributed by atoms with van der Waals surface area (Å²) in [6.07, 6.45) is 1.33. The lowest BCUT2D eigenvalue weighted by molar-refractivity contribution is -0.138. The van der Waals surface area contributed by atoms with E-state index in [1.54, 1.807) is 0 Å². The predicted octanol–water partition coefficient (Wildman–Crippen LogP) is -0.257. The van der Waals surface area contributed by atoms with Gasteiger partial charge in [-0.1, -0.05) is 13.8 Å². The average Bonchev–Trinajstić information content (AvgIpc) is 2.43. The number of rotatable bonds is 4. The van der Waals surface area contributed by atoms with Crippen molar-refractivity contribution >= 4 is 17.7 Å². The van der Waals surface area contributed by atoms with Crippen LogP contribution >= 0.6 is 0 Å². The van der Waals surface area contributed by atoms with Gasteiger partial charge in [-0.25, -0.2) is 0 Å². The van der Waals surface area contributed by atoms with Crippen molar-refractivity contribution in [3.8, 4) is 0 Å². The molecule has 1 aliphatic rings. The van der Waals surface area contributed by atoms with Gasteiger partial charge in [0.25, 0.3) is 0 Å². The Morgan fingerprint density at radius 3 is 2.26 bits per heavy atom. The van der Waals surface area contributed by atoms with Crippen LogP contribution in [0.25, 0.3) is 0 Å². The number of nitrogens with one attached hydrogen (secondary N) is 2. The summed E-state index contributed by atoms with van der Waals surface area (Å²) in [5, 5.41) is 5.07. The summed E-state index contributed by atoms with van der Waals surface area (Å²) < 4.78 is 0. The molecule has 2 N–H and O–H groups in total. The summed E-state index contributed by atoms with van der Waals surface area (Å²) in [6.45, 7) is 5.01. The maximum atomic E-state index is 11.8. The highest BCUT2D eigenvalue weighted by molar-refractivity contribution is 5.86. The van der Waals surface area contributed by atoms with Crippen LogP contribution in [-0.2, 0) is 14.4 Å². The van der Waals surface area contributed by atoms with Gasteiger partial charge in [0.2, 0.25) is 17.7 Å². The van der Waals surface area contributed by atoms with Crippen LogP contribution in [0.3, 0.4) is 0 Å². The first-order valence-corrected chi connectivity index (χ1v) is 6.72. The van der Waals surface area contributed by atoms with Gasteiger partial charge in [0.15, 0.2) is 0 Å². The summed E-state index contributed by atoms with van der Waals surface area (Å²) in [5.41, 5.74) is 0. The van der Waals surface area contributed by atoms with Crippen LogP contribution in [0, 0.1) is 11.8 Å². The van der Waals surface area contributed by atoms with Gasteiger partial charge >= 0.3 is 0 Å².